The lowest BCUT2D eigenvalue weighted by Crippen LogP contribution is -2.58. The maximum absolute atomic E-state index is 14.0. The summed E-state index contributed by atoms with van der Waals surface area (Å²) in [5.41, 5.74) is -3.60. The van der Waals surface area contributed by atoms with Crippen LogP contribution >= 0.6 is 0 Å². The lowest BCUT2D eigenvalue weighted by atomic mass is 9.67. The summed E-state index contributed by atoms with van der Waals surface area (Å²) in [6.45, 7) is 6.80. The maximum Gasteiger partial charge on any atom is 0.316 e. The summed E-state index contributed by atoms with van der Waals surface area (Å²) in [5, 5.41) is 56.4. The molecule has 7 rings (SSSR count). The van der Waals surface area contributed by atoms with Gasteiger partial charge in [0, 0.05) is 36.4 Å². The highest BCUT2D eigenvalue weighted by atomic mass is 16.7. The van der Waals surface area contributed by atoms with Gasteiger partial charge in [0.25, 0.3) is 0 Å². The van der Waals surface area contributed by atoms with E-state index in [1.807, 2.05) is 19.0 Å². The number of ether oxygens (including phenoxy) is 7. The van der Waals surface area contributed by atoms with Crippen LogP contribution in [-0.4, -0.2) is 142 Å². The zero-order chi connectivity index (χ0) is 42.8. The number of methoxy groups -OCH3 is 1. The molecule has 59 heavy (non-hydrogen) atoms. The van der Waals surface area contributed by atoms with Crippen molar-refractivity contribution in [2.45, 2.75) is 133 Å². The topological polar surface area (TPSA) is 237 Å². The minimum absolute atomic E-state index is 0.00866. The van der Waals surface area contributed by atoms with Crippen molar-refractivity contribution in [3.8, 4) is 17.2 Å². The highest BCUT2D eigenvalue weighted by Gasteiger charge is 2.54. The van der Waals surface area contributed by atoms with Crippen molar-refractivity contribution in [2.24, 2.45) is 0 Å². The number of likely N-dealkylation sites (N-methyl/N-ethyl adjacent to an activating group) is 1. The Morgan fingerprint density at radius 1 is 0.881 bits per heavy atom. The number of carbonyl (C=O) groups is 4. The number of ketones is 3. The van der Waals surface area contributed by atoms with E-state index in [0.29, 0.717) is 0 Å². The van der Waals surface area contributed by atoms with Crippen molar-refractivity contribution in [1.82, 2.24) is 4.90 Å². The van der Waals surface area contributed by atoms with Gasteiger partial charge in [0.05, 0.1) is 53.8 Å². The van der Waals surface area contributed by atoms with E-state index in [2.05, 4.69) is 0 Å². The molecule has 2 aromatic rings. The monoisotopic (exact) mass is 825 g/mol. The predicted molar refractivity (Wildman–Crippen MR) is 203 cm³/mol. The number of rotatable bonds is 9. The first kappa shape index (κ1) is 42.8. The second kappa shape index (κ2) is 16.3. The number of hydrogen-bond donors (Lipinski definition) is 5. The van der Waals surface area contributed by atoms with Gasteiger partial charge in [-0.25, -0.2) is 0 Å². The smallest absolute Gasteiger partial charge is 0.316 e. The van der Waals surface area contributed by atoms with Gasteiger partial charge >= 0.3 is 5.97 Å². The van der Waals surface area contributed by atoms with Crippen LogP contribution in [-0.2, 0) is 42.7 Å². The van der Waals surface area contributed by atoms with Gasteiger partial charge in [-0.2, -0.15) is 0 Å². The van der Waals surface area contributed by atoms with Crippen molar-refractivity contribution >= 4 is 23.3 Å². The molecule has 17 heteroatoms. The SMILES string of the molecule is CC[C@@]1(O)C[C@H](OC2CC(N(C)C)C(OC3CC(O)C(OC4C=CC(=O)C(C)O4)C(C)O3)C(C)O2)c2c(cc3c(c2O)C(=O)c2c(O)ccc(O)c2C3=O)[C@H]1C(=O)OC. The fourth-order valence-electron chi connectivity index (χ4n) is 9.08. The van der Waals surface area contributed by atoms with Crippen LogP contribution in [0.3, 0.4) is 0 Å². The van der Waals surface area contributed by atoms with E-state index in [0.717, 1.165) is 19.2 Å². The van der Waals surface area contributed by atoms with Gasteiger partial charge in [-0.15, -0.1) is 0 Å². The van der Waals surface area contributed by atoms with Gasteiger partial charge < -0.3 is 63.6 Å². The molecule has 2 aliphatic carbocycles. The molecule has 0 spiro atoms. The summed E-state index contributed by atoms with van der Waals surface area (Å²) in [4.78, 5) is 55.0. The number of carbonyl (C=O) groups excluding carboxylic acids is 4. The molecule has 0 bridgehead atoms. The van der Waals surface area contributed by atoms with Crippen LogP contribution in [0.5, 0.6) is 17.2 Å². The van der Waals surface area contributed by atoms with Crippen LogP contribution in [0.15, 0.2) is 30.4 Å². The number of aromatic hydroxyl groups is 3. The van der Waals surface area contributed by atoms with Crippen LogP contribution in [0.1, 0.15) is 108 Å². The maximum atomic E-state index is 14.0. The molecule has 5 aliphatic rings. The molecule has 0 amide bonds. The molecule has 2 saturated heterocycles. The average Bonchev–Trinajstić information content (AvgIpc) is 3.17. The van der Waals surface area contributed by atoms with E-state index < -0.39 is 125 Å². The summed E-state index contributed by atoms with van der Waals surface area (Å²) in [7, 11) is 4.84. The number of phenolic OH excluding ortho intramolecular Hbond substituents is 3. The highest BCUT2D eigenvalue weighted by molar-refractivity contribution is 6.31. The van der Waals surface area contributed by atoms with Crippen LogP contribution in [0, 0.1) is 0 Å². The molecule has 13 atom stereocenters. The summed E-state index contributed by atoms with van der Waals surface area (Å²) in [6, 6.07) is 3.00. The summed E-state index contributed by atoms with van der Waals surface area (Å²) in [6.07, 6.45) is -5.29. The van der Waals surface area contributed by atoms with Crippen LogP contribution in [0.4, 0.5) is 0 Å². The number of benzene rings is 2. The van der Waals surface area contributed by atoms with E-state index in [1.54, 1.807) is 27.7 Å². The molecule has 10 unspecified atom stereocenters. The first-order chi connectivity index (χ1) is 27.9. The van der Waals surface area contributed by atoms with E-state index in [1.165, 1.54) is 18.2 Å². The summed E-state index contributed by atoms with van der Waals surface area (Å²) < 4.78 is 42.3. The highest BCUT2D eigenvalue weighted by Crippen LogP contribution is 2.54. The Balaban J connectivity index is 1.15. The van der Waals surface area contributed by atoms with Crippen molar-refractivity contribution in [1.29, 1.82) is 0 Å². The van der Waals surface area contributed by atoms with E-state index in [4.69, 9.17) is 33.2 Å². The largest absolute Gasteiger partial charge is 0.507 e. The molecular formula is C42H51NO16. The first-order valence-electron chi connectivity index (χ1n) is 19.7. The Hall–Kier alpha value is -4.30. The van der Waals surface area contributed by atoms with Gasteiger partial charge in [0.2, 0.25) is 5.78 Å². The average molecular weight is 826 g/mol. The minimum Gasteiger partial charge on any atom is -0.507 e. The molecule has 320 valence electrons. The van der Waals surface area contributed by atoms with Gasteiger partial charge in [-0.3, -0.25) is 19.2 Å². The summed E-state index contributed by atoms with van der Waals surface area (Å²) >= 11 is 0. The lowest BCUT2D eigenvalue weighted by molar-refractivity contribution is -0.320. The van der Waals surface area contributed by atoms with Gasteiger partial charge in [0.1, 0.15) is 41.5 Å². The molecule has 2 fully saturated rings. The fourth-order valence-corrected chi connectivity index (χ4v) is 9.08. The third-order valence-electron chi connectivity index (χ3n) is 12.2. The molecule has 2 aromatic carbocycles. The number of aliphatic hydroxyl groups excluding tert-OH is 1. The number of nitrogens with zero attached hydrogens (tertiary/aromatic N) is 1. The van der Waals surface area contributed by atoms with Crippen LogP contribution < -0.4 is 0 Å². The van der Waals surface area contributed by atoms with Crippen LogP contribution in [0.25, 0.3) is 0 Å². The van der Waals surface area contributed by atoms with Crippen molar-refractivity contribution in [3.05, 3.63) is 63.7 Å². The zero-order valence-electron chi connectivity index (χ0n) is 33.8. The van der Waals surface area contributed by atoms with E-state index >= 15 is 0 Å². The quantitative estimate of drug-likeness (QED) is 0.154. The second-order valence-electron chi connectivity index (χ2n) is 16.1. The minimum atomic E-state index is -1.81. The van der Waals surface area contributed by atoms with E-state index in [-0.39, 0.29) is 54.2 Å². The van der Waals surface area contributed by atoms with Gasteiger partial charge in [-0.05, 0) is 77.2 Å². The molecule has 3 heterocycles. The van der Waals surface area contributed by atoms with Gasteiger partial charge in [-0.1, -0.05) is 6.92 Å². The standard InChI is InChI=1S/C42H51NO16/c1-8-42(52)16-27(31-20(35(42)41(51)53-7)13-21-32(37(31)49)38(50)34-25(46)10-9-24(45)33(34)36(21)48)57-29-14-22(43(5)6)39(18(3)55-29)59-30-15-26(47)40(19(4)56-30)58-28-12-11-23(44)17(2)54-28/h9-13,17-19,22,26-30,35,39-40,45-47,49,52H,8,14-16H2,1-7H3/t17?,18?,19?,22?,26?,27-,28?,29?,30?,35-,39?,40?,42+/m0/s1. The van der Waals surface area contributed by atoms with Crippen LogP contribution in [0.2, 0.25) is 0 Å². The first-order valence-corrected chi connectivity index (χ1v) is 19.7. The summed E-state index contributed by atoms with van der Waals surface area (Å²) in [5.74, 6) is -6.10. The third kappa shape index (κ3) is 7.57. The molecule has 5 N–H and O–H groups in total. The number of aliphatic hydroxyl groups is 2. The van der Waals surface area contributed by atoms with Crippen molar-refractivity contribution in [3.63, 3.8) is 0 Å². The number of phenols is 3. The van der Waals surface area contributed by atoms with Gasteiger partial charge in [0.15, 0.2) is 30.4 Å². The second-order valence-corrected chi connectivity index (χ2v) is 16.1. The molecule has 17 nitrogen and oxygen atoms in total. The van der Waals surface area contributed by atoms with Crippen molar-refractivity contribution in [2.75, 3.05) is 21.2 Å². The Morgan fingerprint density at radius 3 is 2.10 bits per heavy atom. The Labute approximate surface area is 340 Å². The Morgan fingerprint density at radius 2 is 1.51 bits per heavy atom. The molecule has 0 radical (unpaired) electrons. The molecular weight excluding hydrogens is 774 g/mol. The normalized spacial score (nSPS) is 35.6. The van der Waals surface area contributed by atoms with Crippen molar-refractivity contribution < 1.29 is 77.9 Å². The predicted octanol–water partition coefficient (Wildman–Crippen LogP) is 2.64. The lowest BCUT2D eigenvalue weighted by Gasteiger charge is -2.48. The Bertz CT molecular complexity index is 2040. The van der Waals surface area contributed by atoms with E-state index in [9.17, 15) is 44.7 Å². The Kier molecular flexibility index (Phi) is 11.8. The third-order valence-corrected chi connectivity index (χ3v) is 12.2. The number of hydrogen-bond acceptors (Lipinski definition) is 17. The molecule has 0 saturated carbocycles. The number of esters is 1. The fraction of sp³-hybridized carbons (Fsp3) is 0.571. The number of fused-ring (bicyclic) bond motifs is 3. The molecule has 0 aromatic heterocycles. The molecule has 3 aliphatic heterocycles. The zero-order valence-corrected chi connectivity index (χ0v) is 33.8.